The van der Waals surface area contributed by atoms with Gasteiger partial charge in [0.15, 0.2) is 0 Å². The van der Waals surface area contributed by atoms with Crippen LogP contribution in [0.5, 0.6) is 0 Å². The second kappa shape index (κ2) is 11.8. The number of carbonyl (C=O) groups is 1. The number of fused-ring (bicyclic) bond motifs is 1. The minimum atomic E-state index is -3.95. The maximum Gasteiger partial charge on any atom is 0.243 e. The van der Waals surface area contributed by atoms with E-state index in [2.05, 4.69) is 0 Å². The molecule has 1 atom stereocenters. The van der Waals surface area contributed by atoms with Gasteiger partial charge in [0.25, 0.3) is 0 Å². The Morgan fingerprint density at radius 3 is 2.50 bits per heavy atom. The van der Waals surface area contributed by atoms with Crippen molar-refractivity contribution >= 4 is 62.1 Å². The first-order valence-electron chi connectivity index (χ1n) is 11.3. The molecule has 1 amide bonds. The minimum Gasteiger partial charge on any atom is -0.385 e. The Kier molecular flexibility index (Phi) is 8.99. The van der Waals surface area contributed by atoms with Gasteiger partial charge in [-0.15, -0.1) is 11.3 Å². The van der Waals surface area contributed by atoms with E-state index >= 15 is 0 Å². The van der Waals surface area contributed by atoms with Crippen LogP contribution in [0.2, 0.25) is 15.1 Å². The predicted molar refractivity (Wildman–Crippen MR) is 145 cm³/mol. The van der Waals surface area contributed by atoms with Crippen LogP contribution in [0.4, 0.5) is 0 Å². The molecule has 0 N–H and O–H groups in total. The number of methoxy groups -OCH3 is 1. The van der Waals surface area contributed by atoms with Crippen molar-refractivity contribution in [2.45, 2.75) is 23.8 Å². The van der Waals surface area contributed by atoms with E-state index in [0.717, 1.165) is 11.1 Å². The van der Waals surface area contributed by atoms with Crippen LogP contribution in [0.25, 0.3) is 0 Å². The van der Waals surface area contributed by atoms with Crippen molar-refractivity contribution in [1.29, 1.82) is 0 Å². The third-order valence-electron chi connectivity index (χ3n) is 6.06. The number of hydrogen-bond acceptors (Lipinski definition) is 5. The largest absolute Gasteiger partial charge is 0.385 e. The number of amides is 1. The second-order valence-corrected chi connectivity index (χ2v) is 12.6. The molecular weight excluding hydrogens is 563 g/mol. The average molecular weight is 588 g/mol. The van der Waals surface area contributed by atoms with Crippen molar-refractivity contribution < 1.29 is 17.9 Å². The first-order chi connectivity index (χ1) is 17.2. The van der Waals surface area contributed by atoms with E-state index in [4.69, 9.17) is 39.5 Å². The highest BCUT2D eigenvalue weighted by molar-refractivity contribution is 7.89. The molecule has 0 spiro atoms. The molecule has 2 aromatic carbocycles. The highest BCUT2D eigenvalue weighted by atomic mass is 35.5. The van der Waals surface area contributed by atoms with E-state index in [0.29, 0.717) is 41.1 Å². The summed E-state index contributed by atoms with van der Waals surface area (Å²) in [6, 6.07) is 12.7. The van der Waals surface area contributed by atoms with E-state index in [-0.39, 0.29) is 23.9 Å². The number of thiophene rings is 1. The van der Waals surface area contributed by atoms with E-state index in [1.165, 1.54) is 33.4 Å². The maximum atomic E-state index is 13.8. The molecule has 1 unspecified atom stereocenters. The summed E-state index contributed by atoms with van der Waals surface area (Å²) in [5.74, 6) is -0.308. The van der Waals surface area contributed by atoms with Crippen LogP contribution in [0, 0.1) is 0 Å². The van der Waals surface area contributed by atoms with Gasteiger partial charge in [0.2, 0.25) is 15.9 Å². The molecule has 4 rings (SSSR count). The molecule has 192 valence electrons. The highest BCUT2D eigenvalue weighted by Gasteiger charge is 2.36. The molecule has 0 saturated carbocycles. The normalized spacial score (nSPS) is 15.8. The lowest BCUT2D eigenvalue weighted by Crippen LogP contribution is -2.47. The standard InChI is InChI=1S/C25H25Cl3N2O4S2/c1-34-13-2-11-29(36(32,33)19-6-3-17(26)4-7-19)16-24(31)30-12-9-23-21(10-14-35-23)25(30)20-8-5-18(27)15-22(20)28/h3-8,10,14-15,25H,2,9,11-13,16H2,1H3. The van der Waals surface area contributed by atoms with E-state index in [1.807, 2.05) is 17.5 Å². The van der Waals surface area contributed by atoms with Gasteiger partial charge in [0.05, 0.1) is 17.5 Å². The summed E-state index contributed by atoms with van der Waals surface area (Å²) in [4.78, 5) is 16.7. The zero-order valence-electron chi connectivity index (χ0n) is 19.5. The minimum absolute atomic E-state index is 0.0770. The van der Waals surface area contributed by atoms with Crippen LogP contribution in [-0.4, -0.2) is 56.9 Å². The fourth-order valence-electron chi connectivity index (χ4n) is 4.31. The summed E-state index contributed by atoms with van der Waals surface area (Å²) in [5.41, 5.74) is 1.75. The SMILES string of the molecule is COCCCN(CC(=O)N1CCc2sccc2C1c1ccc(Cl)cc1Cl)S(=O)(=O)c1ccc(Cl)cc1. The Bertz CT molecular complexity index is 1330. The molecule has 36 heavy (non-hydrogen) atoms. The summed E-state index contributed by atoms with van der Waals surface area (Å²) in [5, 5.41) is 3.38. The van der Waals surface area contributed by atoms with Gasteiger partial charge in [-0.1, -0.05) is 40.9 Å². The number of nitrogens with zero attached hydrogens (tertiary/aromatic N) is 2. The Balaban J connectivity index is 1.67. The van der Waals surface area contributed by atoms with Crippen LogP contribution >= 0.6 is 46.1 Å². The molecule has 1 aliphatic rings. The number of rotatable bonds is 9. The van der Waals surface area contributed by atoms with E-state index in [9.17, 15) is 13.2 Å². The number of halogens is 3. The predicted octanol–water partition coefficient (Wildman–Crippen LogP) is 5.91. The Labute approximate surface area is 230 Å². The zero-order chi connectivity index (χ0) is 25.9. The molecule has 0 aliphatic carbocycles. The van der Waals surface area contributed by atoms with Crippen molar-refractivity contribution in [3.05, 3.63) is 85.0 Å². The van der Waals surface area contributed by atoms with Crippen LogP contribution < -0.4 is 0 Å². The molecule has 1 aliphatic heterocycles. The second-order valence-electron chi connectivity index (χ2n) is 8.34. The lowest BCUT2D eigenvalue weighted by atomic mass is 9.93. The van der Waals surface area contributed by atoms with Gasteiger partial charge in [-0.05, 0) is 71.8 Å². The van der Waals surface area contributed by atoms with Gasteiger partial charge < -0.3 is 9.64 Å². The van der Waals surface area contributed by atoms with Gasteiger partial charge in [-0.3, -0.25) is 4.79 Å². The number of benzene rings is 2. The quantitative estimate of drug-likeness (QED) is 0.292. The Morgan fingerprint density at radius 2 is 1.81 bits per heavy atom. The third kappa shape index (κ3) is 5.91. The number of carbonyl (C=O) groups excluding carboxylic acids is 1. The highest BCUT2D eigenvalue weighted by Crippen LogP contribution is 2.41. The third-order valence-corrected chi connectivity index (χ3v) is 9.73. The topological polar surface area (TPSA) is 66.9 Å². The summed E-state index contributed by atoms with van der Waals surface area (Å²) >= 11 is 20.3. The molecule has 0 radical (unpaired) electrons. The number of ether oxygens (including phenoxy) is 1. The maximum absolute atomic E-state index is 13.8. The van der Waals surface area contributed by atoms with Crippen molar-refractivity contribution in [1.82, 2.24) is 9.21 Å². The smallest absolute Gasteiger partial charge is 0.243 e. The molecule has 3 aromatic rings. The van der Waals surface area contributed by atoms with Gasteiger partial charge in [-0.2, -0.15) is 4.31 Å². The van der Waals surface area contributed by atoms with Crippen molar-refractivity contribution in [2.24, 2.45) is 0 Å². The molecule has 11 heteroatoms. The summed E-state index contributed by atoms with van der Waals surface area (Å²) < 4.78 is 33.3. The molecule has 6 nitrogen and oxygen atoms in total. The van der Waals surface area contributed by atoms with Crippen LogP contribution in [-0.2, 0) is 26.0 Å². The van der Waals surface area contributed by atoms with Crippen molar-refractivity contribution in [3.63, 3.8) is 0 Å². The van der Waals surface area contributed by atoms with Crippen LogP contribution in [0.15, 0.2) is 58.8 Å². The van der Waals surface area contributed by atoms with E-state index in [1.54, 1.807) is 35.5 Å². The lowest BCUT2D eigenvalue weighted by molar-refractivity contribution is -0.133. The molecule has 0 saturated heterocycles. The van der Waals surface area contributed by atoms with Gasteiger partial charge in [0.1, 0.15) is 0 Å². The first kappa shape index (κ1) is 27.4. The lowest BCUT2D eigenvalue weighted by Gasteiger charge is -2.37. The molecule has 0 bridgehead atoms. The molecule has 0 fully saturated rings. The summed E-state index contributed by atoms with van der Waals surface area (Å²) in [7, 11) is -2.40. The Hall–Kier alpha value is -1.65. The Morgan fingerprint density at radius 1 is 1.08 bits per heavy atom. The number of sulfonamides is 1. The van der Waals surface area contributed by atoms with Crippen LogP contribution in [0.3, 0.4) is 0 Å². The average Bonchev–Trinajstić information content (AvgIpc) is 3.32. The van der Waals surface area contributed by atoms with Crippen LogP contribution in [0.1, 0.15) is 28.5 Å². The first-order valence-corrected chi connectivity index (χ1v) is 14.7. The zero-order valence-corrected chi connectivity index (χ0v) is 23.4. The van der Waals surface area contributed by atoms with Gasteiger partial charge in [-0.25, -0.2) is 8.42 Å². The summed E-state index contributed by atoms with van der Waals surface area (Å²) in [6.07, 6.45) is 1.13. The molecule has 2 heterocycles. The van der Waals surface area contributed by atoms with Gasteiger partial charge in [0, 0.05) is 46.8 Å². The monoisotopic (exact) mass is 586 g/mol. The van der Waals surface area contributed by atoms with E-state index < -0.39 is 16.1 Å². The molecule has 1 aromatic heterocycles. The van der Waals surface area contributed by atoms with Gasteiger partial charge >= 0.3 is 0 Å². The summed E-state index contributed by atoms with van der Waals surface area (Å²) in [6.45, 7) is 0.638. The fraction of sp³-hybridized carbons (Fsp3) is 0.320. The molecular formula is C25H25Cl3N2O4S2. The van der Waals surface area contributed by atoms with Crippen molar-refractivity contribution in [3.8, 4) is 0 Å². The van der Waals surface area contributed by atoms with Crippen molar-refractivity contribution in [2.75, 3.05) is 33.4 Å². The fourth-order valence-corrected chi connectivity index (χ4v) is 7.28. The number of hydrogen-bond donors (Lipinski definition) is 0.